The maximum absolute atomic E-state index is 12.9. The number of anilines is 1. The molecule has 0 bridgehead atoms. The van der Waals surface area contributed by atoms with Crippen molar-refractivity contribution in [2.24, 2.45) is 0 Å². The molecule has 1 fully saturated rings. The molecule has 0 atom stereocenters. The van der Waals surface area contributed by atoms with Crippen LogP contribution in [-0.4, -0.2) is 45.0 Å². The van der Waals surface area contributed by atoms with Gasteiger partial charge in [0.05, 0.1) is 0 Å². The van der Waals surface area contributed by atoms with Crippen LogP contribution >= 0.6 is 0 Å². The smallest absolute Gasteiger partial charge is 0.251 e. The lowest BCUT2D eigenvalue weighted by atomic mass is 9.74. The van der Waals surface area contributed by atoms with Gasteiger partial charge in [-0.25, -0.2) is 0 Å². The monoisotopic (exact) mass is 424 g/mol. The maximum Gasteiger partial charge on any atom is 0.251 e. The number of benzene rings is 2. The number of amides is 1. The first kappa shape index (κ1) is 21.5. The van der Waals surface area contributed by atoms with Gasteiger partial charge in [0.25, 0.3) is 5.91 Å². The van der Waals surface area contributed by atoms with E-state index >= 15 is 0 Å². The fraction of sp³-hybridized carbons (Fsp3) is 0.480. The Balaban J connectivity index is 1.48. The van der Waals surface area contributed by atoms with E-state index in [1.165, 1.54) is 0 Å². The van der Waals surface area contributed by atoms with Gasteiger partial charge in [-0.05, 0) is 75.6 Å². The molecule has 0 saturated carbocycles. The molecule has 6 nitrogen and oxygen atoms in total. The SMILES string of the molecule is CCN(c1ccc(C(=O)NCC2(c3ccc4c(c3)OCO4)CCOCC2)cc1)C(C)C. The van der Waals surface area contributed by atoms with Crippen molar-refractivity contribution in [2.45, 2.75) is 45.1 Å². The van der Waals surface area contributed by atoms with E-state index in [0.29, 0.717) is 31.4 Å². The highest BCUT2D eigenvalue weighted by atomic mass is 16.7. The summed E-state index contributed by atoms with van der Waals surface area (Å²) < 4.78 is 16.7. The van der Waals surface area contributed by atoms with E-state index in [4.69, 9.17) is 14.2 Å². The third-order valence-electron chi connectivity index (χ3n) is 6.45. The van der Waals surface area contributed by atoms with Crippen molar-refractivity contribution in [3.63, 3.8) is 0 Å². The molecule has 2 aromatic carbocycles. The molecular formula is C25H32N2O4. The van der Waals surface area contributed by atoms with Crippen molar-refractivity contribution in [1.29, 1.82) is 0 Å². The predicted octanol–water partition coefficient (Wildman–Crippen LogP) is 4.13. The number of rotatable bonds is 7. The lowest BCUT2D eigenvalue weighted by Gasteiger charge is -2.38. The first-order chi connectivity index (χ1) is 15.0. The molecule has 0 spiro atoms. The number of hydrogen-bond donors (Lipinski definition) is 1. The molecule has 31 heavy (non-hydrogen) atoms. The van der Waals surface area contributed by atoms with Crippen LogP contribution in [0.15, 0.2) is 42.5 Å². The lowest BCUT2D eigenvalue weighted by molar-refractivity contribution is 0.0486. The molecule has 2 aliphatic rings. The summed E-state index contributed by atoms with van der Waals surface area (Å²) in [6.45, 7) is 9.61. The van der Waals surface area contributed by atoms with Crippen LogP contribution < -0.4 is 19.7 Å². The fourth-order valence-corrected chi connectivity index (χ4v) is 4.56. The average Bonchev–Trinajstić information content (AvgIpc) is 3.27. The number of fused-ring (bicyclic) bond motifs is 1. The number of carbonyl (C=O) groups is 1. The van der Waals surface area contributed by atoms with Gasteiger partial charge in [0.15, 0.2) is 11.5 Å². The van der Waals surface area contributed by atoms with E-state index in [-0.39, 0.29) is 18.1 Å². The molecule has 166 valence electrons. The molecule has 0 aromatic heterocycles. The Labute approximate surface area is 184 Å². The van der Waals surface area contributed by atoms with E-state index in [0.717, 1.165) is 42.1 Å². The first-order valence-corrected chi connectivity index (χ1v) is 11.2. The molecule has 6 heteroatoms. The van der Waals surface area contributed by atoms with Crippen LogP contribution in [0.3, 0.4) is 0 Å². The third-order valence-corrected chi connectivity index (χ3v) is 6.45. The molecule has 4 rings (SSSR count). The van der Waals surface area contributed by atoms with E-state index in [1.54, 1.807) is 0 Å². The van der Waals surface area contributed by atoms with Crippen molar-refractivity contribution in [2.75, 3.05) is 38.0 Å². The van der Waals surface area contributed by atoms with Gasteiger partial charge in [0.1, 0.15) is 0 Å². The second-order valence-electron chi connectivity index (χ2n) is 8.57. The summed E-state index contributed by atoms with van der Waals surface area (Å²) in [5.74, 6) is 1.50. The largest absolute Gasteiger partial charge is 0.454 e. The van der Waals surface area contributed by atoms with Crippen molar-refractivity contribution >= 4 is 11.6 Å². The van der Waals surface area contributed by atoms with Crippen LogP contribution in [0.1, 0.15) is 49.5 Å². The van der Waals surface area contributed by atoms with Gasteiger partial charge < -0.3 is 24.4 Å². The average molecular weight is 425 g/mol. The predicted molar refractivity (Wildman–Crippen MR) is 121 cm³/mol. The number of nitrogens with one attached hydrogen (secondary N) is 1. The Hall–Kier alpha value is -2.73. The highest BCUT2D eigenvalue weighted by molar-refractivity contribution is 5.94. The van der Waals surface area contributed by atoms with E-state index in [9.17, 15) is 4.79 Å². The topological polar surface area (TPSA) is 60.0 Å². The Kier molecular flexibility index (Phi) is 6.37. The first-order valence-electron chi connectivity index (χ1n) is 11.2. The Morgan fingerprint density at radius 3 is 2.45 bits per heavy atom. The lowest BCUT2D eigenvalue weighted by Crippen LogP contribution is -2.44. The van der Waals surface area contributed by atoms with Crippen molar-refractivity contribution in [3.8, 4) is 11.5 Å². The Morgan fingerprint density at radius 2 is 1.77 bits per heavy atom. The standard InChI is InChI=1S/C25H32N2O4/c1-4-27(18(2)3)21-8-5-19(6-9-21)24(28)26-16-25(11-13-29-14-12-25)20-7-10-22-23(15-20)31-17-30-22/h5-10,15,18H,4,11-14,16-17H2,1-3H3,(H,26,28). The summed E-state index contributed by atoms with van der Waals surface area (Å²) >= 11 is 0. The summed E-state index contributed by atoms with van der Waals surface area (Å²) in [5, 5.41) is 3.18. The van der Waals surface area contributed by atoms with Gasteiger partial charge in [-0.15, -0.1) is 0 Å². The Morgan fingerprint density at radius 1 is 1.06 bits per heavy atom. The van der Waals surface area contributed by atoms with Crippen LogP contribution in [-0.2, 0) is 10.2 Å². The van der Waals surface area contributed by atoms with Gasteiger partial charge in [0, 0.05) is 49.0 Å². The minimum Gasteiger partial charge on any atom is -0.454 e. The molecule has 1 saturated heterocycles. The molecule has 0 radical (unpaired) electrons. The van der Waals surface area contributed by atoms with Crippen LogP contribution in [0.4, 0.5) is 5.69 Å². The summed E-state index contributed by atoms with van der Waals surface area (Å²) in [6.07, 6.45) is 1.71. The van der Waals surface area contributed by atoms with Crippen LogP contribution in [0.2, 0.25) is 0 Å². The minimum atomic E-state index is -0.175. The number of hydrogen-bond acceptors (Lipinski definition) is 5. The van der Waals surface area contributed by atoms with Crippen molar-refractivity contribution < 1.29 is 19.0 Å². The van der Waals surface area contributed by atoms with Gasteiger partial charge >= 0.3 is 0 Å². The summed E-state index contributed by atoms with van der Waals surface area (Å²) in [5.41, 5.74) is 2.80. The normalized spacial score (nSPS) is 16.9. The molecule has 1 N–H and O–H groups in total. The Bertz CT molecular complexity index is 904. The summed E-state index contributed by atoms with van der Waals surface area (Å²) in [7, 11) is 0. The molecule has 1 amide bonds. The third kappa shape index (κ3) is 4.49. The number of nitrogens with zero attached hydrogens (tertiary/aromatic N) is 1. The zero-order chi connectivity index (χ0) is 21.8. The maximum atomic E-state index is 12.9. The summed E-state index contributed by atoms with van der Waals surface area (Å²) in [4.78, 5) is 15.2. The zero-order valence-corrected chi connectivity index (χ0v) is 18.6. The molecule has 0 aliphatic carbocycles. The van der Waals surface area contributed by atoms with E-state index in [2.05, 4.69) is 43.1 Å². The van der Waals surface area contributed by atoms with Crippen LogP contribution in [0, 0.1) is 0 Å². The second-order valence-corrected chi connectivity index (χ2v) is 8.57. The molecule has 2 aliphatic heterocycles. The minimum absolute atomic E-state index is 0.0502. The highest BCUT2D eigenvalue weighted by Gasteiger charge is 2.36. The molecule has 2 heterocycles. The molecule has 2 aromatic rings. The van der Waals surface area contributed by atoms with Gasteiger partial charge in [-0.1, -0.05) is 6.07 Å². The van der Waals surface area contributed by atoms with E-state index in [1.807, 2.05) is 30.3 Å². The zero-order valence-electron chi connectivity index (χ0n) is 18.6. The van der Waals surface area contributed by atoms with Gasteiger partial charge in [-0.2, -0.15) is 0 Å². The number of ether oxygens (including phenoxy) is 3. The fourth-order valence-electron chi connectivity index (χ4n) is 4.56. The van der Waals surface area contributed by atoms with Gasteiger partial charge in [-0.3, -0.25) is 4.79 Å². The van der Waals surface area contributed by atoms with Gasteiger partial charge in [0.2, 0.25) is 6.79 Å². The van der Waals surface area contributed by atoms with Crippen molar-refractivity contribution in [3.05, 3.63) is 53.6 Å². The molecule has 0 unspecified atom stereocenters. The summed E-state index contributed by atoms with van der Waals surface area (Å²) in [6, 6.07) is 14.4. The van der Waals surface area contributed by atoms with E-state index < -0.39 is 0 Å². The van der Waals surface area contributed by atoms with Crippen LogP contribution in [0.25, 0.3) is 0 Å². The second kappa shape index (κ2) is 9.18. The van der Waals surface area contributed by atoms with Crippen LogP contribution in [0.5, 0.6) is 11.5 Å². The molecular weight excluding hydrogens is 392 g/mol. The van der Waals surface area contributed by atoms with Crippen molar-refractivity contribution in [1.82, 2.24) is 5.32 Å². The number of carbonyl (C=O) groups excluding carboxylic acids is 1. The quantitative estimate of drug-likeness (QED) is 0.724. The highest BCUT2D eigenvalue weighted by Crippen LogP contribution is 2.40.